The summed E-state index contributed by atoms with van der Waals surface area (Å²) < 4.78 is 5.65. The van der Waals surface area contributed by atoms with E-state index in [0.717, 1.165) is 44.8 Å². The summed E-state index contributed by atoms with van der Waals surface area (Å²) in [4.78, 5) is 14.4. The Labute approximate surface area is 133 Å². The summed E-state index contributed by atoms with van der Waals surface area (Å²) in [6.45, 7) is 9.59. The summed E-state index contributed by atoms with van der Waals surface area (Å²) in [6.07, 6.45) is 2.02. The quantitative estimate of drug-likeness (QED) is 0.878. The third-order valence-electron chi connectivity index (χ3n) is 4.01. The molecule has 1 saturated heterocycles. The highest BCUT2D eigenvalue weighted by atomic mass is 16.5. The van der Waals surface area contributed by atoms with Crippen molar-refractivity contribution in [3.05, 3.63) is 29.8 Å². The van der Waals surface area contributed by atoms with Crippen LogP contribution in [0, 0.1) is 5.92 Å². The first-order valence-corrected chi connectivity index (χ1v) is 8.31. The van der Waals surface area contributed by atoms with Gasteiger partial charge < -0.3 is 15.0 Å². The molecule has 1 atom stereocenters. The van der Waals surface area contributed by atoms with Gasteiger partial charge in [-0.15, -0.1) is 0 Å². The Morgan fingerprint density at radius 3 is 2.41 bits per heavy atom. The van der Waals surface area contributed by atoms with Gasteiger partial charge in [0, 0.05) is 32.1 Å². The molecule has 1 aromatic rings. The van der Waals surface area contributed by atoms with Crippen molar-refractivity contribution in [3.8, 4) is 5.75 Å². The van der Waals surface area contributed by atoms with Gasteiger partial charge in [-0.1, -0.05) is 19.1 Å². The molecule has 0 aromatic heterocycles. The van der Waals surface area contributed by atoms with E-state index in [1.165, 1.54) is 5.56 Å². The van der Waals surface area contributed by atoms with Crippen molar-refractivity contribution in [2.45, 2.75) is 39.7 Å². The minimum absolute atomic E-state index is 0.0877. The zero-order valence-electron chi connectivity index (χ0n) is 14.0. The fourth-order valence-corrected chi connectivity index (χ4v) is 2.71. The van der Waals surface area contributed by atoms with E-state index in [0.29, 0.717) is 5.91 Å². The Morgan fingerprint density at radius 2 is 1.82 bits per heavy atom. The van der Waals surface area contributed by atoms with Gasteiger partial charge in [-0.25, -0.2) is 0 Å². The summed E-state index contributed by atoms with van der Waals surface area (Å²) in [5.41, 5.74) is 1.26. The molecular formula is C18H28N2O2. The molecule has 0 aliphatic carbocycles. The number of hydrogen-bond acceptors (Lipinski definition) is 3. The zero-order chi connectivity index (χ0) is 15.9. The van der Waals surface area contributed by atoms with Gasteiger partial charge in [0.05, 0.1) is 6.10 Å². The van der Waals surface area contributed by atoms with E-state index < -0.39 is 0 Å². The van der Waals surface area contributed by atoms with Crippen molar-refractivity contribution in [2.24, 2.45) is 5.92 Å². The Kier molecular flexibility index (Phi) is 6.25. The standard InChI is InChI=1S/C18H28N2O2/c1-14(2)22-17-8-6-16(7-9-17)5-4-15(3)18(21)20-12-10-19-11-13-20/h6-9,14-15,19H,4-5,10-13H2,1-3H3. The predicted octanol–water partition coefficient (Wildman–Crippen LogP) is 2.47. The van der Waals surface area contributed by atoms with Crippen LogP contribution in [-0.2, 0) is 11.2 Å². The molecule has 1 aliphatic heterocycles. The van der Waals surface area contributed by atoms with Crippen LogP contribution in [0.3, 0.4) is 0 Å². The van der Waals surface area contributed by atoms with E-state index in [2.05, 4.69) is 17.4 Å². The second-order valence-corrected chi connectivity index (χ2v) is 6.33. The van der Waals surface area contributed by atoms with Gasteiger partial charge in [0.1, 0.15) is 5.75 Å². The van der Waals surface area contributed by atoms with Crippen LogP contribution in [0.15, 0.2) is 24.3 Å². The van der Waals surface area contributed by atoms with Crippen LogP contribution in [0.25, 0.3) is 0 Å². The lowest BCUT2D eigenvalue weighted by Gasteiger charge is -2.29. The normalized spacial score (nSPS) is 16.6. The Bertz CT molecular complexity index is 464. The Balaban J connectivity index is 1.80. The van der Waals surface area contributed by atoms with Crippen LogP contribution < -0.4 is 10.1 Å². The van der Waals surface area contributed by atoms with Crippen molar-refractivity contribution in [3.63, 3.8) is 0 Å². The number of nitrogens with zero attached hydrogens (tertiary/aromatic N) is 1. The number of carbonyl (C=O) groups excluding carboxylic acids is 1. The molecule has 22 heavy (non-hydrogen) atoms. The molecule has 4 nitrogen and oxygen atoms in total. The van der Waals surface area contributed by atoms with Crippen LogP contribution in [0.2, 0.25) is 0 Å². The van der Waals surface area contributed by atoms with Crippen molar-refractivity contribution in [1.29, 1.82) is 0 Å². The number of hydrogen-bond donors (Lipinski definition) is 1. The SMILES string of the molecule is CC(C)Oc1ccc(CCC(C)C(=O)N2CCNCC2)cc1. The Hall–Kier alpha value is -1.55. The average molecular weight is 304 g/mol. The maximum atomic E-state index is 12.4. The molecule has 2 rings (SSSR count). The first kappa shape index (κ1) is 16.8. The molecule has 0 radical (unpaired) electrons. The number of rotatable bonds is 6. The van der Waals surface area contributed by atoms with Crippen LogP contribution in [0.1, 0.15) is 32.8 Å². The predicted molar refractivity (Wildman–Crippen MR) is 89.1 cm³/mol. The molecule has 1 N–H and O–H groups in total. The summed E-state index contributed by atoms with van der Waals surface area (Å²) in [7, 11) is 0. The minimum atomic E-state index is 0.0877. The molecular weight excluding hydrogens is 276 g/mol. The summed E-state index contributed by atoms with van der Waals surface area (Å²) in [5.74, 6) is 1.29. The van der Waals surface area contributed by atoms with Crippen LogP contribution >= 0.6 is 0 Å². The maximum Gasteiger partial charge on any atom is 0.225 e. The topological polar surface area (TPSA) is 41.6 Å². The lowest BCUT2D eigenvalue weighted by Crippen LogP contribution is -2.48. The van der Waals surface area contributed by atoms with E-state index >= 15 is 0 Å². The molecule has 0 bridgehead atoms. The van der Waals surface area contributed by atoms with Gasteiger partial charge in [0.2, 0.25) is 5.91 Å². The lowest BCUT2D eigenvalue weighted by molar-refractivity contribution is -0.135. The second-order valence-electron chi connectivity index (χ2n) is 6.33. The fourth-order valence-electron chi connectivity index (χ4n) is 2.71. The summed E-state index contributed by atoms with van der Waals surface area (Å²) >= 11 is 0. The smallest absolute Gasteiger partial charge is 0.225 e. The van der Waals surface area contributed by atoms with Crippen LogP contribution in [0.5, 0.6) is 5.75 Å². The van der Waals surface area contributed by atoms with Gasteiger partial charge in [0.15, 0.2) is 0 Å². The van der Waals surface area contributed by atoms with Gasteiger partial charge in [-0.2, -0.15) is 0 Å². The largest absolute Gasteiger partial charge is 0.491 e. The van der Waals surface area contributed by atoms with Gasteiger partial charge in [0.25, 0.3) is 0 Å². The number of carbonyl (C=O) groups is 1. The molecule has 0 spiro atoms. The maximum absolute atomic E-state index is 12.4. The van der Waals surface area contributed by atoms with Gasteiger partial charge in [-0.05, 0) is 44.4 Å². The number of aryl methyl sites for hydroxylation is 1. The molecule has 122 valence electrons. The number of amides is 1. The second kappa shape index (κ2) is 8.18. The van der Waals surface area contributed by atoms with Gasteiger partial charge in [-0.3, -0.25) is 4.79 Å². The molecule has 0 saturated carbocycles. The molecule has 1 amide bonds. The van der Waals surface area contributed by atoms with Crippen molar-refractivity contribution in [1.82, 2.24) is 10.2 Å². The van der Waals surface area contributed by atoms with Crippen molar-refractivity contribution >= 4 is 5.91 Å². The highest BCUT2D eigenvalue weighted by Gasteiger charge is 2.21. The lowest BCUT2D eigenvalue weighted by atomic mass is 9.99. The third kappa shape index (κ3) is 5.02. The van der Waals surface area contributed by atoms with E-state index in [9.17, 15) is 4.79 Å². The number of nitrogens with one attached hydrogen (secondary N) is 1. The molecule has 4 heteroatoms. The third-order valence-corrected chi connectivity index (χ3v) is 4.01. The molecule has 1 unspecified atom stereocenters. The van der Waals surface area contributed by atoms with Crippen molar-refractivity contribution in [2.75, 3.05) is 26.2 Å². The minimum Gasteiger partial charge on any atom is -0.491 e. The fraction of sp³-hybridized carbons (Fsp3) is 0.611. The first-order valence-electron chi connectivity index (χ1n) is 8.31. The number of benzene rings is 1. The molecule has 1 aliphatic rings. The number of piperazine rings is 1. The Morgan fingerprint density at radius 1 is 1.18 bits per heavy atom. The highest BCUT2D eigenvalue weighted by molar-refractivity contribution is 5.78. The average Bonchev–Trinajstić information content (AvgIpc) is 2.53. The highest BCUT2D eigenvalue weighted by Crippen LogP contribution is 2.17. The van der Waals surface area contributed by atoms with Gasteiger partial charge >= 0.3 is 0 Å². The van der Waals surface area contributed by atoms with E-state index in [-0.39, 0.29) is 12.0 Å². The first-order chi connectivity index (χ1) is 10.6. The van der Waals surface area contributed by atoms with Crippen LogP contribution in [-0.4, -0.2) is 43.1 Å². The zero-order valence-corrected chi connectivity index (χ0v) is 14.0. The van der Waals surface area contributed by atoms with E-state index in [4.69, 9.17) is 4.74 Å². The monoisotopic (exact) mass is 304 g/mol. The van der Waals surface area contributed by atoms with Crippen LogP contribution in [0.4, 0.5) is 0 Å². The molecule has 1 fully saturated rings. The summed E-state index contributed by atoms with van der Waals surface area (Å²) in [5, 5.41) is 3.28. The van der Waals surface area contributed by atoms with E-state index in [1.807, 2.05) is 37.8 Å². The molecule has 1 aromatic carbocycles. The summed E-state index contributed by atoms with van der Waals surface area (Å²) in [6, 6.07) is 8.22. The number of ether oxygens (including phenoxy) is 1. The van der Waals surface area contributed by atoms with E-state index in [1.54, 1.807) is 0 Å². The molecule has 1 heterocycles. The van der Waals surface area contributed by atoms with Crippen molar-refractivity contribution < 1.29 is 9.53 Å².